The molecule has 0 unspecified atom stereocenters. The van der Waals surface area contributed by atoms with E-state index in [4.69, 9.17) is 4.98 Å². The molecule has 17 heavy (non-hydrogen) atoms. The number of rotatable bonds is 3. The van der Waals surface area contributed by atoms with Crippen molar-refractivity contribution in [2.75, 3.05) is 12.4 Å². The molecule has 94 valence electrons. The first-order valence-corrected chi connectivity index (χ1v) is 7.29. The molecular weight excluding hydrogens is 230 g/mol. The van der Waals surface area contributed by atoms with Crippen molar-refractivity contribution >= 4 is 17.6 Å². The minimum atomic E-state index is 0.344. The lowest BCUT2D eigenvalue weighted by molar-refractivity contribution is 0.374. The van der Waals surface area contributed by atoms with Crippen LogP contribution in [0, 0.1) is 5.41 Å². The third kappa shape index (κ3) is 3.12. The maximum absolute atomic E-state index is 4.69. The molecule has 2 heterocycles. The van der Waals surface area contributed by atoms with Crippen LogP contribution in [0.1, 0.15) is 44.3 Å². The van der Waals surface area contributed by atoms with Gasteiger partial charge in [-0.05, 0) is 11.8 Å². The lowest BCUT2D eigenvalue weighted by Gasteiger charge is -2.17. The molecule has 2 rings (SSSR count). The quantitative estimate of drug-likeness (QED) is 0.895. The molecule has 1 aliphatic heterocycles. The zero-order valence-electron chi connectivity index (χ0n) is 11.1. The molecule has 0 amide bonds. The van der Waals surface area contributed by atoms with Crippen LogP contribution in [0.25, 0.3) is 0 Å². The van der Waals surface area contributed by atoms with E-state index in [1.54, 1.807) is 0 Å². The number of hydrogen-bond donors (Lipinski definition) is 1. The van der Waals surface area contributed by atoms with Gasteiger partial charge in [-0.25, -0.2) is 9.97 Å². The summed E-state index contributed by atoms with van der Waals surface area (Å²) in [6.45, 7) is 6.78. The van der Waals surface area contributed by atoms with Gasteiger partial charge in [0.15, 0.2) is 0 Å². The molecule has 1 aliphatic rings. The fourth-order valence-electron chi connectivity index (χ4n) is 1.91. The van der Waals surface area contributed by atoms with Gasteiger partial charge in [-0.2, -0.15) is 11.8 Å². The highest BCUT2D eigenvalue weighted by Gasteiger charge is 2.20. The number of nitrogens with one attached hydrogen (secondary N) is 1. The van der Waals surface area contributed by atoms with Crippen LogP contribution in [0.3, 0.4) is 0 Å². The maximum Gasteiger partial charge on any atom is 0.133 e. The van der Waals surface area contributed by atoms with Gasteiger partial charge in [-0.3, -0.25) is 0 Å². The monoisotopic (exact) mass is 251 g/mol. The van der Waals surface area contributed by atoms with Crippen molar-refractivity contribution in [1.29, 1.82) is 0 Å². The summed E-state index contributed by atoms with van der Waals surface area (Å²) in [6.07, 6.45) is 2.10. The Bertz CT molecular complexity index is 410. The summed E-state index contributed by atoms with van der Waals surface area (Å²) in [5.74, 6) is 4.11. The number of hydrogen-bond acceptors (Lipinski definition) is 4. The second-order valence-corrected chi connectivity index (χ2v) is 6.70. The largest absolute Gasteiger partial charge is 0.373 e. The van der Waals surface area contributed by atoms with Gasteiger partial charge in [-0.15, -0.1) is 0 Å². The molecule has 0 saturated carbocycles. The molecule has 0 bridgehead atoms. The van der Waals surface area contributed by atoms with E-state index in [-0.39, 0.29) is 0 Å². The Hall–Kier alpha value is -0.770. The van der Waals surface area contributed by atoms with Crippen LogP contribution in [0.4, 0.5) is 5.82 Å². The van der Waals surface area contributed by atoms with E-state index in [0.29, 0.717) is 5.41 Å². The van der Waals surface area contributed by atoms with Crippen molar-refractivity contribution in [3.8, 4) is 0 Å². The molecule has 0 aliphatic carbocycles. The van der Waals surface area contributed by atoms with E-state index >= 15 is 0 Å². The Morgan fingerprint density at radius 1 is 1.24 bits per heavy atom. The van der Waals surface area contributed by atoms with E-state index in [1.807, 2.05) is 18.8 Å². The summed E-state index contributed by atoms with van der Waals surface area (Å²) in [5.41, 5.74) is 2.88. The first-order chi connectivity index (χ1) is 7.99. The maximum atomic E-state index is 4.69. The topological polar surface area (TPSA) is 37.8 Å². The summed E-state index contributed by atoms with van der Waals surface area (Å²) in [4.78, 5) is 9.32. The van der Waals surface area contributed by atoms with E-state index in [9.17, 15) is 0 Å². The number of nitrogens with zero attached hydrogens (tertiary/aromatic N) is 2. The SMILES string of the molecule is CNc1nc(CCC(C)(C)C)nc2c1CSC2. The Labute approximate surface area is 108 Å². The van der Waals surface area contributed by atoms with Gasteiger partial charge in [0, 0.05) is 30.5 Å². The van der Waals surface area contributed by atoms with Crippen LogP contribution in [-0.4, -0.2) is 17.0 Å². The van der Waals surface area contributed by atoms with Crippen molar-refractivity contribution < 1.29 is 0 Å². The van der Waals surface area contributed by atoms with Crippen molar-refractivity contribution in [2.45, 2.75) is 45.1 Å². The molecule has 0 atom stereocenters. The molecule has 0 spiro atoms. The molecule has 1 aromatic heterocycles. The fraction of sp³-hybridized carbons (Fsp3) is 0.692. The summed E-state index contributed by atoms with van der Waals surface area (Å²) < 4.78 is 0. The molecule has 3 nitrogen and oxygen atoms in total. The van der Waals surface area contributed by atoms with Gasteiger partial charge in [0.25, 0.3) is 0 Å². The normalized spacial score (nSPS) is 14.8. The standard InChI is InChI=1S/C13H21N3S/c1-13(2,3)6-5-11-15-10-8-17-7-9(10)12(14-4)16-11/h5-8H2,1-4H3,(H,14,15,16). The molecule has 1 aromatic rings. The van der Waals surface area contributed by atoms with Crippen LogP contribution >= 0.6 is 11.8 Å². The lowest BCUT2D eigenvalue weighted by atomic mass is 9.90. The third-order valence-electron chi connectivity index (χ3n) is 2.96. The van der Waals surface area contributed by atoms with Crippen LogP contribution < -0.4 is 5.32 Å². The zero-order chi connectivity index (χ0) is 12.5. The van der Waals surface area contributed by atoms with Gasteiger partial charge >= 0.3 is 0 Å². The predicted octanol–water partition coefficient (Wildman–Crippen LogP) is 3.24. The average Bonchev–Trinajstić information content (AvgIpc) is 2.72. The Morgan fingerprint density at radius 2 is 2.00 bits per heavy atom. The smallest absolute Gasteiger partial charge is 0.133 e. The fourth-order valence-corrected chi connectivity index (χ4v) is 2.95. The molecule has 1 N–H and O–H groups in total. The Morgan fingerprint density at radius 3 is 2.65 bits per heavy atom. The molecular formula is C13H21N3S. The van der Waals surface area contributed by atoms with E-state index < -0.39 is 0 Å². The molecule has 0 fully saturated rings. The van der Waals surface area contributed by atoms with Gasteiger partial charge in [-0.1, -0.05) is 20.8 Å². The number of anilines is 1. The highest BCUT2D eigenvalue weighted by molar-refractivity contribution is 7.98. The number of fused-ring (bicyclic) bond motifs is 1. The number of aryl methyl sites for hydroxylation is 1. The van der Waals surface area contributed by atoms with Crippen LogP contribution in [-0.2, 0) is 17.9 Å². The number of thioether (sulfide) groups is 1. The molecule has 4 heteroatoms. The van der Waals surface area contributed by atoms with E-state index in [0.717, 1.165) is 36.0 Å². The lowest BCUT2D eigenvalue weighted by Crippen LogP contribution is -2.11. The van der Waals surface area contributed by atoms with Crippen molar-refractivity contribution in [1.82, 2.24) is 9.97 Å². The van der Waals surface area contributed by atoms with E-state index in [2.05, 4.69) is 31.1 Å². The van der Waals surface area contributed by atoms with Gasteiger partial charge < -0.3 is 5.32 Å². The highest BCUT2D eigenvalue weighted by Crippen LogP contribution is 2.33. The van der Waals surface area contributed by atoms with Crippen LogP contribution in [0.15, 0.2) is 0 Å². The Balaban J connectivity index is 2.19. The molecule has 0 saturated heterocycles. The van der Waals surface area contributed by atoms with Crippen LogP contribution in [0.2, 0.25) is 0 Å². The predicted molar refractivity (Wildman–Crippen MR) is 74.4 cm³/mol. The Kier molecular flexibility index (Phi) is 3.61. The first kappa shape index (κ1) is 12.7. The third-order valence-corrected chi connectivity index (χ3v) is 3.93. The van der Waals surface area contributed by atoms with E-state index in [1.165, 1.54) is 11.3 Å². The summed E-state index contributed by atoms with van der Waals surface area (Å²) in [5, 5.41) is 3.20. The van der Waals surface area contributed by atoms with Crippen LogP contribution in [0.5, 0.6) is 0 Å². The second kappa shape index (κ2) is 4.84. The molecule has 0 aromatic carbocycles. The summed E-state index contributed by atoms with van der Waals surface area (Å²) in [6, 6.07) is 0. The summed E-state index contributed by atoms with van der Waals surface area (Å²) in [7, 11) is 1.94. The number of aromatic nitrogens is 2. The van der Waals surface area contributed by atoms with Crippen molar-refractivity contribution in [3.63, 3.8) is 0 Å². The summed E-state index contributed by atoms with van der Waals surface area (Å²) >= 11 is 1.92. The van der Waals surface area contributed by atoms with Gasteiger partial charge in [0.1, 0.15) is 11.6 Å². The van der Waals surface area contributed by atoms with Gasteiger partial charge in [0.05, 0.1) is 5.69 Å². The molecule has 0 radical (unpaired) electrons. The van der Waals surface area contributed by atoms with Crippen molar-refractivity contribution in [3.05, 3.63) is 17.1 Å². The minimum Gasteiger partial charge on any atom is -0.373 e. The highest BCUT2D eigenvalue weighted by atomic mass is 32.2. The first-order valence-electron chi connectivity index (χ1n) is 6.14. The van der Waals surface area contributed by atoms with Gasteiger partial charge in [0.2, 0.25) is 0 Å². The average molecular weight is 251 g/mol. The zero-order valence-corrected chi connectivity index (χ0v) is 11.9. The second-order valence-electron chi connectivity index (χ2n) is 5.72. The van der Waals surface area contributed by atoms with Crippen molar-refractivity contribution in [2.24, 2.45) is 5.41 Å². The minimum absolute atomic E-state index is 0.344.